The van der Waals surface area contributed by atoms with E-state index in [1.807, 2.05) is 6.92 Å². The largest absolute Gasteiger partial charge is 0.388 e. The van der Waals surface area contributed by atoms with E-state index in [1.165, 1.54) is 38.2 Å². The predicted molar refractivity (Wildman–Crippen MR) is 76.6 cm³/mol. The lowest BCUT2D eigenvalue weighted by atomic mass is 9.50. The van der Waals surface area contributed by atoms with Gasteiger partial charge in [-0.25, -0.2) is 4.39 Å². The SMILES string of the molecule is Cc1cc(F)ccc1C(O)C1C2CC3CC(C2)CC1C3. The van der Waals surface area contributed by atoms with Crippen LogP contribution in [-0.2, 0) is 0 Å². The molecule has 0 aliphatic heterocycles. The van der Waals surface area contributed by atoms with Crippen molar-refractivity contribution < 1.29 is 9.50 Å². The van der Waals surface area contributed by atoms with Crippen molar-refractivity contribution in [2.75, 3.05) is 0 Å². The number of aliphatic hydroxyl groups is 1. The van der Waals surface area contributed by atoms with Gasteiger partial charge < -0.3 is 5.11 Å². The second-order valence-electron chi connectivity index (χ2n) is 7.45. The van der Waals surface area contributed by atoms with Gasteiger partial charge in [-0.1, -0.05) is 6.07 Å². The third-order valence-electron chi connectivity index (χ3n) is 6.21. The Kier molecular flexibility index (Phi) is 2.92. The minimum Gasteiger partial charge on any atom is -0.388 e. The zero-order valence-corrected chi connectivity index (χ0v) is 12.1. The summed E-state index contributed by atoms with van der Waals surface area (Å²) in [7, 11) is 0. The van der Waals surface area contributed by atoms with E-state index >= 15 is 0 Å². The first-order valence-corrected chi connectivity index (χ1v) is 8.06. The van der Waals surface area contributed by atoms with E-state index in [0.717, 1.165) is 23.0 Å². The molecule has 2 heteroatoms. The maximum absolute atomic E-state index is 13.3. The standard InChI is InChI=1S/C18H23FO/c1-10-4-15(19)2-3-16(10)18(20)17-13-6-11-5-12(8-13)9-14(17)7-11/h2-4,11-14,17-18,20H,5-9H2,1H3. The number of aryl methyl sites for hydroxylation is 1. The summed E-state index contributed by atoms with van der Waals surface area (Å²) >= 11 is 0. The zero-order chi connectivity index (χ0) is 13.9. The highest BCUT2D eigenvalue weighted by molar-refractivity contribution is 5.29. The Morgan fingerprint density at radius 2 is 1.65 bits per heavy atom. The molecule has 108 valence electrons. The van der Waals surface area contributed by atoms with Crippen LogP contribution in [0.1, 0.15) is 49.3 Å². The van der Waals surface area contributed by atoms with Crippen molar-refractivity contribution in [1.82, 2.24) is 0 Å². The molecule has 4 aliphatic carbocycles. The molecule has 0 spiro atoms. The molecule has 1 N–H and O–H groups in total. The molecule has 20 heavy (non-hydrogen) atoms. The number of hydrogen-bond donors (Lipinski definition) is 1. The third-order valence-corrected chi connectivity index (χ3v) is 6.21. The van der Waals surface area contributed by atoms with Crippen LogP contribution in [0.5, 0.6) is 0 Å². The summed E-state index contributed by atoms with van der Waals surface area (Å²) in [6.07, 6.45) is 6.30. The van der Waals surface area contributed by atoms with Gasteiger partial charge in [0.15, 0.2) is 0 Å². The molecule has 4 saturated carbocycles. The molecule has 4 fully saturated rings. The van der Waals surface area contributed by atoms with Gasteiger partial charge in [-0.2, -0.15) is 0 Å². The zero-order valence-electron chi connectivity index (χ0n) is 12.1. The average molecular weight is 274 g/mol. The van der Waals surface area contributed by atoms with Crippen molar-refractivity contribution in [3.05, 3.63) is 35.1 Å². The molecule has 0 amide bonds. The van der Waals surface area contributed by atoms with Crippen molar-refractivity contribution in [1.29, 1.82) is 0 Å². The second kappa shape index (κ2) is 4.56. The Morgan fingerprint density at radius 1 is 1.05 bits per heavy atom. The molecule has 1 nitrogen and oxygen atoms in total. The molecular weight excluding hydrogens is 251 g/mol. The monoisotopic (exact) mass is 274 g/mol. The van der Waals surface area contributed by atoms with Crippen LogP contribution in [0.25, 0.3) is 0 Å². The molecule has 0 aromatic heterocycles. The van der Waals surface area contributed by atoms with Crippen molar-refractivity contribution in [2.24, 2.45) is 29.6 Å². The lowest BCUT2D eigenvalue weighted by molar-refractivity contribution is -0.0909. The Bertz CT molecular complexity index is 496. The fraction of sp³-hybridized carbons (Fsp3) is 0.667. The summed E-state index contributed by atoms with van der Waals surface area (Å²) in [4.78, 5) is 0. The van der Waals surface area contributed by atoms with Crippen molar-refractivity contribution in [2.45, 2.75) is 45.1 Å². The Morgan fingerprint density at radius 3 is 2.20 bits per heavy atom. The molecular formula is C18H23FO. The first kappa shape index (κ1) is 12.8. The van der Waals surface area contributed by atoms with E-state index in [2.05, 4.69) is 0 Å². The van der Waals surface area contributed by atoms with E-state index in [4.69, 9.17) is 0 Å². The summed E-state index contributed by atoms with van der Waals surface area (Å²) in [6, 6.07) is 4.83. The molecule has 1 atom stereocenters. The topological polar surface area (TPSA) is 20.2 Å². The van der Waals surface area contributed by atoms with Crippen LogP contribution in [-0.4, -0.2) is 5.11 Å². The smallest absolute Gasteiger partial charge is 0.123 e. The van der Waals surface area contributed by atoms with Gasteiger partial charge in [-0.15, -0.1) is 0 Å². The molecule has 0 saturated heterocycles. The number of benzene rings is 1. The summed E-state index contributed by atoms with van der Waals surface area (Å²) in [5.74, 6) is 3.46. The Balaban J connectivity index is 1.63. The molecule has 5 rings (SSSR count). The summed E-state index contributed by atoms with van der Waals surface area (Å²) in [5, 5.41) is 10.9. The highest BCUT2D eigenvalue weighted by Crippen LogP contribution is 2.59. The predicted octanol–water partition coefficient (Wildman–Crippen LogP) is 4.24. The van der Waals surface area contributed by atoms with Crippen LogP contribution >= 0.6 is 0 Å². The summed E-state index contributed by atoms with van der Waals surface area (Å²) < 4.78 is 13.3. The average Bonchev–Trinajstić information content (AvgIpc) is 2.37. The number of rotatable bonds is 2. The lowest BCUT2D eigenvalue weighted by Crippen LogP contribution is -2.47. The van der Waals surface area contributed by atoms with Gasteiger partial charge in [0, 0.05) is 0 Å². The van der Waals surface area contributed by atoms with Crippen LogP contribution in [0.4, 0.5) is 4.39 Å². The van der Waals surface area contributed by atoms with E-state index in [0.29, 0.717) is 17.8 Å². The third kappa shape index (κ3) is 1.92. The van der Waals surface area contributed by atoms with E-state index < -0.39 is 6.10 Å². The fourth-order valence-electron chi connectivity index (χ4n) is 5.66. The quantitative estimate of drug-likeness (QED) is 0.855. The first-order valence-electron chi connectivity index (χ1n) is 8.06. The van der Waals surface area contributed by atoms with Gasteiger partial charge in [0.2, 0.25) is 0 Å². The molecule has 1 aromatic carbocycles. The molecule has 4 aliphatic rings. The van der Waals surface area contributed by atoms with Crippen molar-refractivity contribution in [3.63, 3.8) is 0 Å². The van der Waals surface area contributed by atoms with Gasteiger partial charge in [-0.3, -0.25) is 0 Å². The highest BCUT2D eigenvalue weighted by atomic mass is 19.1. The van der Waals surface area contributed by atoms with Crippen LogP contribution in [0.15, 0.2) is 18.2 Å². The van der Waals surface area contributed by atoms with E-state index in [9.17, 15) is 9.50 Å². The van der Waals surface area contributed by atoms with Crippen LogP contribution in [0.2, 0.25) is 0 Å². The van der Waals surface area contributed by atoms with Gasteiger partial charge >= 0.3 is 0 Å². The minimum atomic E-state index is -0.398. The molecule has 4 bridgehead atoms. The second-order valence-corrected chi connectivity index (χ2v) is 7.45. The van der Waals surface area contributed by atoms with Crippen molar-refractivity contribution >= 4 is 0 Å². The van der Waals surface area contributed by atoms with E-state index in [-0.39, 0.29) is 5.82 Å². The Hall–Kier alpha value is -0.890. The number of hydrogen-bond acceptors (Lipinski definition) is 1. The van der Waals surface area contributed by atoms with Crippen LogP contribution in [0.3, 0.4) is 0 Å². The molecule has 0 radical (unpaired) electrons. The highest BCUT2D eigenvalue weighted by Gasteiger charge is 2.50. The van der Waals surface area contributed by atoms with Crippen LogP contribution in [0, 0.1) is 42.3 Å². The molecule has 1 unspecified atom stereocenters. The fourth-order valence-corrected chi connectivity index (χ4v) is 5.66. The van der Waals surface area contributed by atoms with E-state index in [1.54, 1.807) is 12.1 Å². The van der Waals surface area contributed by atoms with Gasteiger partial charge in [0.25, 0.3) is 0 Å². The normalized spacial score (nSPS) is 40.0. The van der Waals surface area contributed by atoms with Crippen molar-refractivity contribution in [3.8, 4) is 0 Å². The first-order chi connectivity index (χ1) is 9.61. The van der Waals surface area contributed by atoms with Gasteiger partial charge in [0.05, 0.1) is 6.10 Å². The molecule has 0 heterocycles. The maximum Gasteiger partial charge on any atom is 0.123 e. The maximum atomic E-state index is 13.3. The van der Waals surface area contributed by atoms with Crippen LogP contribution < -0.4 is 0 Å². The Labute approximate surface area is 120 Å². The number of halogens is 1. The lowest BCUT2D eigenvalue weighted by Gasteiger charge is -2.55. The minimum absolute atomic E-state index is 0.205. The van der Waals surface area contributed by atoms with Gasteiger partial charge in [0.1, 0.15) is 5.82 Å². The van der Waals surface area contributed by atoms with Gasteiger partial charge in [-0.05, 0) is 91.9 Å². The summed E-state index contributed by atoms with van der Waals surface area (Å²) in [5.41, 5.74) is 1.84. The summed E-state index contributed by atoms with van der Waals surface area (Å²) in [6.45, 7) is 1.91. The number of aliphatic hydroxyl groups excluding tert-OH is 1. The molecule has 1 aromatic rings.